The number of hydrogen-bond acceptors (Lipinski definition) is 6. The first-order chi connectivity index (χ1) is 30.5. The van der Waals surface area contributed by atoms with Gasteiger partial charge in [0.05, 0.1) is 11.5 Å². The first kappa shape index (κ1) is 56.6. The Morgan fingerprint density at radius 2 is 1.03 bits per heavy atom. The van der Waals surface area contributed by atoms with E-state index in [0.717, 1.165) is 85.4 Å². The molecule has 67 heavy (non-hydrogen) atoms. The minimum absolute atomic E-state index is 0.0513. The zero-order valence-corrected chi connectivity index (χ0v) is 51.4. The molecular formula is C58H109AlO6Si2. The Kier molecular flexibility index (Phi) is 16.8. The number of carbonyl (C=O) groups excluding carboxylic acids is 1. The van der Waals surface area contributed by atoms with Crippen molar-refractivity contribution in [1.29, 1.82) is 0 Å². The molecule has 4 bridgehead atoms. The number of carbonyl (C=O) groups is 1. The molecule has 0 amide bonds. The third kappa shape index (κ3) is 10.9. The molecule has 1 unspecified atom stereocenters. The van der Waals surface area contributed by atoms with E-state index < -0.39 is 22.9 Å². The van der Waals surface area contributed by atoms with Crippen molar-refractivity contribution in [2.75, 3.05) is 0 Å². The molecule has 0 aromatic carbocycles. The smallest absolute Gasteiger partial charge is 0.312 e. The van der Waals surface area contributed by atoms with Crippen LogP contribution in [0, 0.1) is 92.7 Å². The Balaban J connectivity index is 0.000000187. The molecule has 2 heterocycles. The van der Waals surface area contributed by atoms with Crippen LogP contribution in [0.1, 0.15) is 189 Å². The summed E-state index contributed by atoms with van der Waals surface area (Å²) in [5, 5.41) is 14.5. The van der Waals surface area contributed by atoms with Gasteiger partial charge in [0.25, 0.3) is 0 Å². The van der Waals surface area contributed by atoms with Gasteiger partial charge in [-0.3, -0.25) is 4.79 Å². The summed E-state index contributed by atoms with van der Waals surface area (Å²) < 4.78 is 26.5. The molecule has 0 radical (unpaired) electrons. The molecule has 0 spiro atoms. The van der Waals surface area contributed by atoms with E-state index in [1.807, 2.05) is 0 Å². The second-order valence-electron chi connectivity index (χ2n) is 30.5. The van der Waals surface area contributed by atoms with Crippen LogP contribution in [-0.4, -0.2) is 73.6 Å². The monoisotopic (exact) mass is 985 g/mol. The second kappa shape index (κ2) is 19.8. The van der Waals surface area contributed by atoms with Crippen molar-refractivity contribution in [3.63, 3.8) is 0 Å². The van der Waals surface area contributed by atoms with Gasteiger partial charge in [-0.2, -0.15) is 0 Å². The van der Waals surface area contributed by atoms with E-state index in [1.54, 1.807) is 0 Å². The van der Waals surface area contributed by atoms with Gasteiger partial charge < -0.3 is 23.4 Å². The lowest BCUT2D eigenvalue weighted by atomic mass is 9.42. The molecule has 9 heteroatoms. The topological polar surface area (TPSA) is 74.2 Å². The number of fused-ring (bicyclic) bond motifs is 12. The molecule has 2 saturated heterocycles. The summed E-state index contributed by atoms with van der Waals surface area (Å²) in [4.78, 5) is 13.1. The largest absolute Gasteiger partial charge is 0.462 e. The fraction of sp³-hybridized carbons (Fsp3) is 0.983. The van der Waals surface area contributed by atoms with Gasteiger partial charge in [0.1, 0.15) is 6.10 Å². The molecule has 6 nitrogen and oxygen atoms in total. The quantitative estimate of drug-likeness (QED) is 0.193. The van der Waals surface area contributed by atoms with Crippen LogP contribution in [0.2, 0.25) is 46.8 Å². The fourth-order valence-corrected chi connectivity index (χ4v) is 21.6. The predicted octanol–water partition coefficient (Wildman–Crippen LogP) is 15.2. The van der Waals surface area contributed by atoms with Crippen molar-refractivity contribution >= 4 is 37.8 Å². The lowest BCUT2D eigenvalue weighted by Crippen LogP contribution is -2.64. The average Bonchev–Trinajstić information content (AvgIpc) is 3.52. The van der Waals surface area contributed by atoms with Gasteiger partial charge in [-0.25, -0.2) is 0 Å². The average molecular weight is 986 g/mol. The molecule has 0 aromatic heterocycles. The third-order valence-corrected chi connectivity index (χ3v) is 34.1. The molecule has 19 atom stereocenters. The number of rotatable bonds is 8. The van der Waals surface area contributed by atoms with Crippen molar-refractivity contribution in [2.24, 2.45) is 92.7 Å². The van der Waals surface area contributed by atoms with Crippen LogP contribution in [0.3, 0.4) is 0 Å². The number of aliphatic hydroxyl groups excluding tert-OH is 1. The Morgan fingerprint density at radius 1 is 0.627 bits per heavy atom. The van der Waals surface area contributed by atoms with Crippen molar-refractivity contribution in [3.05, 3.63) is 0 Å². The second-order valence-corrected chi connectivity index (χ2v) is 41.9. The van der Waals surface area contributed by atoms with Crippen molar-refractivity contribution < 1.29 is 28.2 Å². The maximum atomic E-state index is 13.1. The number of ether oxygens (including phenoxy) is 2. The Labute approximate surface area is 422 Å². The minimum atomic E-state index is -1.93. The molecule has 8 rings (SSSR count). The van der Waals surface area contributed by atoms with Crippen LogP contribution in [0.4, 0.5) is 0 Å². The summed E-state index contributed by atoms with van der Waals surface area (Å²) in [5.41, 5.74) is -0.212. The molecule has 8 aliphatic rings. The van der Waals surface area contributed by atoms with E-state index in [0.29, 0.717) is 27.1 Å². The van der Waals surface area contributed by atoms with Gasteiger partial charge in [0.15, 0.2) is 22.9 Å². The van der Waals surface area contributed by atoms with E-state index >= 15 is 0 Å². The predicted molar refractivity (Wildman–Crippen MR) is 288 cm³/mol. The minimum Gasteiger partial charge on any atom is -0.462 e. The normalized spacial score (nSPS) is 45.9. The summed E-state index contributed by atoms with van der Waals surface area (Å²) in [7, 11) is -3.83. The first-order valence-electron chi connectivity index (χ1n) is 28.4. The van der Waals surface area contributed by atoms with Crippen molar-refractivity contribution in [1.82, 2.24) is 0 Å². The lowest BCUT2D eigenvalue weighted by molar-refractivity contribution is -0.196. The summed E-state index contributed by atoms with van der Waals surface area (Å²) in [6.45, 7) is 52.3. The molecule has 8 fully saturated rings. The highest BCUT2D eigenvalue weighted by Gasteiger charge is 2.71. The van der Waals surface area contributed by atoms with Crippen molar-refractivity contribution in [3.8, 4) is 0 Å². The first-order valence-corrected chi connectivity index (χ1v) is 36.2. The van der Waals surface area contributed by atoms with Crippen molar-refractivity contribution in [2.45, 2.75) is 266 Å². The highest BCUT2D eigenvalue weighted by Crippen LogP contribution is 2.70. The van der Waals surface area contributed by atoms with E-state index in [-0.39, 0.29) is 68.0 Å². The van der Waals surface area contributed by atoms with Crippen LogP contribution in [0.25, 0.3) is 0 Å². The van der Waals surface area contributed by atoms with Gasteiger partial charge >= 0.3 is 5.97 Å². The fourth-order valence-electron chi connectivity index (χ4n) is 17.0. The summed E-state index contributed by atoms with van der Waals surface area (Å²) in [5.74, 6) is 8.64. The summed E-state index contributed by atoms with van der Waals surface area (Å²) in [6.07, 6.45) is 11.8. The molecule has 388 valence electrons. The van der Waals surface area contributed by atoms with Crippen LogP contribution in [0.5, 0.6) is 0 Å². The maximum absolute atomic E-state index is 13.1. The van der Waals surface area contributed by atoms with E-state index in [4.69, 9.17) is 18.3 Å². The van der Waals surface area contributed by atoms with E-state index in [1.165, 1.54) is 42.7 Å². The van der Waals surface area contributed by atoms with E-state index in [2.05, 4.69) is 151 Å². The van der Waals surface area contributed by atoms with E-state index in [9.17, 15) is 9.90 Å². The van der Waals surface area contributed by atoms with Crippen LogP contribution < -0.4 is 0 Å². The lowest BCUT2D eigenvalue weighted by Gasteiger charge is -2.64. The molecule has 1 N–H and O–H groups in total. The number of esters is 1. The van der Waals surface area contributed by atoms with Gasteiger partial charge in [0, 0.05) is 30.0 Å². The Bertz CT molecular complexity index is 1700. The molecule has 0 aromatic rings. The van der Waals surface area contributed by atoms with Gasteiger partial charge in [-0.15, -0.1) is 0 Å². The number of hydrogen-bond donors (Lipinski definition) is 1. The molecular weight excluding hydrogens is 876 g/mol. The van der Waals surface area contributed by atoms with Crippen LogP contribution in [0.15, 0.2) is 0 Å². The van der Waals surface area contributed by atoms with Crippen LogP contribution in [-0.2, 0) is 23.1 Å². The van der Waals surface area contributed by atoms with Gasteiger partial charge in [0.2, 0.25) is 15.2 Å². The molecule has 2 aliphatic heterocycles. The zero-order valence-electron chi connectivity index (χ0n) is 48.0. The zero-order chi connectivity index (χ0) is 50.4. The standard InChI is InChI=1S/C25H46O3Si.C25H44O3Si.2C4H9.Al.H/c2*1-15-10-16(2)18-12-20(28-29(8,9)23(3,4)5)21-24(6,19(18)11-15)13-17-14-25(21,7)22(26)27-17;2*1-4(2)3;;/h15-22,26H,10-14H2,1-9H3;15-21H,10-14H2,1-9H3;2*4H,1H2,2-3H3;;/t15-,16+,17+,18+,19+,20-,21-,22?,24-,25+;15-,16+,17+,18+,19+,20-,21-,24-,25+;;;;/m00..../s1. The van der Waals surface area contributed by atoms with Gasteiger partial charge in [-0.1, -0.05) is 140 Å². The maximum Gasteiger partial charge on any atom is 0.312 e. The van der Waals surface area contributed by atoms with Gasteiger partial charge in [-0.05, 0) is 165 Å². The SMILES string of the molecule is CC(C)[CH2][AlH][CH2]C(C)C.C[C@H]1C[C@@H](C)[C@H]2C[C@H](O[Si](C)(C)C(C)(C)C)[C@H]3[C@@](C)(C[C@@H]4C[C@@]3(C)C(=O)O4)[C@@H]2C1.C[C@H]1C[C@@H](C)[C@H]2C[C@H](O[Si](C)(C)C(C)(C)C)[C@H]3[C@@](C)(C[C@@H]4C[C@@]3(C)C(O)O4)[C@@H]2C1. The Hall–Kier alpha value is 0.276. The summed E-state index contributed by atoms with van der Waals surface area (Å²) in [6, 6.07) is 0. The third-order valence-electron chi connectivity index (χ3n) is 22.0. The summed E-state index contributed by atoms with van der Waals surface area (Å²) >= 11 is 0.316. The highest BCUT2D eigenvalue weighted by atomic mass is 28.4. The van der Waals surface area contributed by atoms with Crippen LogP contribution >= 0.6 is 0 Å². The Morgan fingerprint density at radius 3 is 1.46 bits per heavy atom. The molecule has 6 saturated carbocycles. The highest BCUT2D eigenvalue weighted by molar-refractivity contribution is 6.74. The molecule has 6 aliphatic carbocycles. The number of aliphatic hydroxyl groups is 1.